The van der Waals surface area contributed by atoms with Gasteiger partial charge in [-0.25, -0.2) is 9.52 Å². The van der Waals surface area contributed by atoms with Crippen LogP contribution in [0.15, 0.2) is 0 Å². The number of carbonyl (C=O) groups is 1. The van der Waals surface area contributed by atoms with Gasteiger partial charge in [0.05, 0.1) is 6.10 Å². The lowest BCUT2D eigenvalue weighted by atomic mass is 10.2. The van der Waals surface area contributed by atoms with Crippen LogP contribution in [0.1, 0.15) is 26.7 Å². The molecule has 0 spiro atoms. The van der Waals surface area contributed by atoms with Gasteiger partial charge in [0, 0.05) is 17.9 Å². The van der Waals surface area contributed by atoms with Crippen molar-refractivity contribution in [2.75, 3.05) is 13.1 Å². The standard InChI is InChI=1S/C9H17BrN2O4S/c1-7(2)16-9(13)11-17(14,15)12-5-3-4-8(10)6-12/h7-8H,3-6H2,1-2H3,(H,11,13). The molecule has 100 valence electrons. The molecule has 1 saturated heterocycles. The number of amides is 1. The second-order valence-corrected chi connectivity index (χ2v) is 7.12. The van der Waals surface area contributed by atoms with Gasteiger partial charge in [-0.2, -0.15) is 12.7 Å². The minimum absolute atomic E-state index is 0.133. The van der Waals surface area contributed by atoms with Crippen molar-refractivity contribution in [3.05, 3.63) is 0 Å². The van der Waals surface area contributed by atoms with Crippen molar-refractivity contribution in [3.8, 4) is 0 Å². The van der Waals surface area contributed by atoms with Gasteiger partial charge in [-0.3, -0.25) is 0 Å². The van der Waals surface area contributed by atoms with Gasteiger partial charge in [0.15, 0.2) is 0 Å². The summed E-state index contributed by atoms with van der Waals surface area (Å²) in [6.45, 7) is 4.10. The molecule has 0 bridgehead atoms. The number of rotatable bonds is 3. The molecule has 1 aliphatic heterocycles. The fourth-order valence-electron chi connectivity index (χ4n) is 1.52. The Hall–Kier alpha value is -0.340. The van der Waals surface area contributed by atoms with E-state index in [1.54, 1.807) is 13.8 Å². The van der Waals surface area contributed by atoms with Crippen LogP contribution in [0.4, 0.5) is 4.79 Å². The highest BCUT2D eigenvalue weighted by Gasteiger charge is 2.29. The van der Waals surface area contributed by atoms with Gasteiger partial charge in [0.2, 0.25) is 0 Å². The maximum atomic E-state index is 11.8. The van der Waals surface area contributed by atoms with Crippen molar-refractivity contribution >= 4 is 32.2 Å². The number of piperidine rings is 1. The minimum atomic E-state index is -3.78. The normalized spacial score (nSPS) is 22.5. The Bertz CT molecular complexity index is 371. The molecule has 1 amide bonds. The summed E-state index contributed by atoms with van der Waals surface area (Å²) in [6.07, 6.45) is 0.422. The van der Waals surface area contributed by atoms with Gasteiger partial charge < -0.3 is 4.74 Å². The largest absolute Gasteiger partial charge is 0.446 e. The number of hydrogen-bond acceptors (Lipinski definition) is 4. The Morgan fingerprint density at radius 1 is 1.53 bits per heavy atom. The molecule has 0 saturated carbocycles. The van der Waals surface area contributed by atoms with Gasteiger partial charge in [-0.15, -0.1) is 0 Å². The van der Waals surface area contributed by atoms with E-state index in [1.165, 1.54) is 4.31 Å². The van der Waals surface area contributed by atoms with Crippen LogP contribution < -0.4 is 4.72 Å². The molecule has 1 rings (SSSR count). The SMILES string of the molecule is CC(C)OC(=O)NS(=O)(=O)N1CCCC(Br)C1. The van der Waals surface area contributed by atoms with Crippen molar-refractivity contribution in [3.63, 3.8) is 0 Å². The number of nitrogens with zero attached hydrogens (tertiary/aromatic N) is 1. The second kappa shape index (κ2) is 6.01. The molecule has 17 heavy (non-hydrogen) atoms. The summed E-state index contributed by atoms with van der Waals surface area (Å²) in [5.41, 5.74) is 0. The molecule has 1 N–H and O–H groups in total. The van der Waals surface area contributed by atoms with E-state index in [2.05, 4.69) is 15.9 Å². The third-order valence-corrected chi connectivity index (χ3v) is 4.41. The maximum absolute atomic E-state index is 11.8. The predicted octanol–water partition coefficient (Wildman–Crippen LogP) is 1.23. The highest BCUT2D eigenvalue weighted by Crippen LogP contribution is 2.18. The number of hydrogen-bond donors (Lipinski definition) is 1. The van der Waals surface area contributed by atoms with Crippen LogP contribution in [0, 0.1) is 0 Å². The average Bonchev–Trinajstić information content (AvgIpc) is 2.15. The van der Waals surface area contributed by atoms with E-state index in [-0.39, 0.29) is 10.9 Å². The topological polar surface area (TPSA) is 75.7 Å². The first-order chi connectivity index (χ1) is 7.81. The molecule has 1 fully saturated rings. The summed E-state index contributed by atoms with van der Waals surface area (Å²) in [5, 5.41) is 0. The number of carbonyl (C=O) groups excluding carboxylic acids is 1. The lowest BCUT2D eigenvalue weighted by Gasteiger charge is -2.28. The van der Waals surface area contributed by atoms with Gasteiger partial charge in [0.1, 0.15) is 0 Å². The van der Waals surface area contributed by atoms with Crippen LogP contribution in [0.3, 0.4) is 0 Å². The lowest BCUT2D eigenvalue weighted by Crippen LogP contribution is -2.48. The average molecular weight is 329 g/mol. The summed E-state index contributed by atoms with van der Waals surface area (Å²) in [6, 6.07) is 0. The van der Waals surface area contributed by atoms with Crippen LogP contribution in [0.2, 0.25) is 0 Å². The summed E-state index contributed by atoms with van der Waals surface area (Å²) in [4.78, 5) is 11.4. The molecule has 0 radical (unpaired) electrons. The molecule has 0 aliphatic carbocycles. The number of ether oxygens (including phenoxy) is 1. The molecular weight excluding hydrogens is 312 g/mol. The molecule has 1 aliphatic rings. The highest BCUT2D eigenvalue weighted by atomic mass is 79.9. The van der Waals surface area contributed by atoms with Crippen LogP contribution in [0.5, 0.6) is 0 Å². The molecule has 1 heterocycles. The van der Waals surface area contributed by atoms with E-state index >= 15 is 0 Å². The van der Waals surface area contributed by atoms with Crippen LogP contribution >= 0.6 is 15.9 Å². The summed E-state index contributed by atoms with van der Waals surface area (Å²) < 4.78 is 31.5. The van der Waals surface area contributed by atoms with Crippen LogP contribution in [-0.4, -0.2) is 42.8 Å². The van der Waals surface area contributed by atoms with Gasteiger partial charge in [-0.1, -0.05) is 15.9 Å². The maximum Gasteiger partial charge on any atom is 0.422 e. The Morgan fingerprint density at radius 3 is 2.71 bits per heavy atom. The van der Waals surface area contributed by atoms with Crippen molar-refractivity contribution in [2.45, 2.75) is 37.6 Å². The number of alkyl halides is 1. The minimum Gasteiger partial charge on any atom is -0.446 e. The summed E-state index contributed by atoms with van der Waals surface area (Å²) in [7, 11) is -3.78. The summed E-state index contributed by atoms with van der Waals surface area (Å²) in [5.74, 6) is 0. The first-order valence-corrected chi connectivity index (χ1v) is 7.79. The Balaban J connectivity index is 2.58. The fraction of sp³-hybridized carbons (Fsp3) is 0.889. The van der Waals surface area contributed by atoms with E-state index < -0.39 is 16.3 Å². The van der Waals surface area contributed by atoms with Gasteiger partial charge >= 0.3 is 16.3 Å². The van der Waals surface area contributed by atoms with Crippen molar-refractivity contribution in [1.29, 1.82) is 0 Å². The summed E-state index contributed by atoms with van der Waals surface area (Å²) >= 11 is 3.38. The smallest absolute Gasteiger partial charge is 0.422 e. The zero-order valence-corrected chi connectivity index (χ0v) is 12.3. The number of halogens is 1. The van der Waals surface area contributed by atoms with E-state index in [0.29, 0.717) is 13.1 Å². The zero-order valence-electron chi connectivity index (χ0n) is 9.85. The first-order valence-electron chi connectivity index (χ1n) is 5.44. The second-order valence-electron chi connectivity index (χ2n) is 4.16. The highest BCUT2D eigenvalue weighted by molar-refractivity contribution is 9.09. The van der Waals surface area contributed by atoms with Gasteiger partial charge in [0.25, 0.3) is 0 Å². The quantitative estimate of drug-likeness (QED) is 0.790. The Kier molecular flexibility index (Phi) is 5.21. The monoisotopic (exact) mass is 328 g/mol. The van der Waals surface area contributed by atoms with E-state index in [0.717, 1.165) is 12.8 Å². The van der Waals surface area contributed by atoms with Crippen LogP contribution in [0.25, 0.3) is 0 Å². The molecule has 8 heteroatoms. The molecule has 0 aromatic heterocycles. The third kappa shape index (κ3) is 4.81. The van der Waals surface area contributed by atoms with E-state index in [9.17, 15) is 13.2 Å². The Labute approximate surface area is 110 Å². The third-order valence-electron chi connectivity index (χ3n) is 2.22. The van der Waals surface area contributed by atoms with Gasteiger partial charge in [-0.05, 0) is 26.7 Å². The molecule has 1 unspecified atom stereocenters. The van der Waals surface area contributed by atoms with E-state index in [4.69, 9.17) is 4.74 Å². The number of nitrogens with one attached hydrogen (secondary N) is 1. The molecule has 6 nitrogen and oxygen atoms in total. The Morgan fingerprint density at radius 2 is 2.18 bits per heavy atom. The lowest BCUT2D eigenvalue weighted by molar-refractivity contribution is 0.121. The van der Waals surface area contributed by atoms with Crippen molar-refractivity contribution in [2.24, 2.45) is 0 Å². The van der Waals surface area contributed by atoms with Crippen molar-refractivity contribution in [1.82, 2.24) is 9.03 Å². The molecular formula is C9H17BrN2O4S. The van der Waals surface area contributed by atoms with E-state index in [1.807, 2.05) is 4.72 Å². The predicted molar refractivity (Wildman–Crippen MR) is 67.2 cm³/mol. The molecule has 0 aromatic carbocycles. The first kappa shape index (κ1) is 14.7. The fourth-order valence-corrected chi connectivity index (χ4v) is 3.52. The van der Waals surface area contributed by atoms with Crippen molar-refractivity contribution < 1.29 is 17.9 Å². The molecule has 0 aromatic rings. The molecule has 1 atom stereocenters. The van der Waals surface area contributed by atoms with Crippen LogP contribution in [-0.2, 0) is 14.9 Å². The zero-order chi connectivity index (χ0) is 13.1.